The van der Waals surface area contributed by atoms with Crippen molar-refractivity contribution >= 4 is 11.8 Å². The molecule has 1 aromatic heterocycles. The maximum Gasteiger partial charge on any atom is 0.274 e. The van der Waals surface area contributed by atoms with E-state index < -0.39 is 0 Å². The molecule has 39 heavy (non-hydrogen) atoms. The molecule has 3 rings (SSSR count). The van der Waals surface area contributed by atoms with Gasteiger partial charge in [0, 0.05) is 19.6 Å². The number of nitrogens with zero attached hydrogens (tertiary/aromatic N) is 3. The van der Waals surface area contributed by atoms with Crippen molar-refractivity contribution < 1.29 is 19.8 Å². The van der Waals surface area contributed by atoms with Crippen molar-refractivity contribution in [3.05, 3.63) is 58.9 Å². The van der Waals surface area contributed by atoms with Crippen LogP contribution in [0.4, 0.5) is 0 Å². The number of piperidine rings is 1. The summed E-state index contributed by atoms with van der Waals surface area (Å²) in [5.74, 6) is -0.171. The molecule has 0 unspecified atom stereocenters. The smallest absolute Gasteiger partial charge is 0.274 e. The summed E-state index contributed by atoms with van der Waals surface area (Å²) in [6.07, 6.45) is 13.1. The zero-order valence-corrected chi connectivity index (χ0v) is 24.8. The summed E-state index contributed by atoms with van der Waals surface area (Å²) in [6.45, 7) is 14.0. The van der Waals surface area contributed by atoms with E-state index >= 15 is 0 Å². The molecule has 2 amide bonds. The molecule has 0 aliphatic carbocycles. The summed E-state index contributed by atoms with van der Waals surface area (Å²) < 4.78 is 0. The molecule has 8 nitrogen and oxygen atoms in total. The highest BCUT2D eigenvalue weighted by Gasteiger charge is 2.23. The molecule has 218 valence electrons. The second-order valence-electron chi connectivity index (χ2n) is 8.88. The van der Waals surface area contributed by atoms with Gasteiger partial charge in [-0.1, -0.05) is 78.3 Å². The van der Waals surface area contributed by atoms with Crippen molar-refractivity contribution in [3.63, 3.8) is 0 Å². The summed E-state index contributed by atoms with van der Waals surface area (Å²) >= 11 is 0. The third kappa shape index (κ3) is 16.3. The molecule has 1 aliphatic rings. The predicted molar refractivity (Wildman–Crippen MR) is 159 cm³/mol. The Morgan fingerprint density at radius 2 is 1.56 bits per heavy atom. The number of benzene rings is 1. The van der Waals surface area contributed by atoms with Crippen LogP contribution in [0.3, 0.4) is 0 Å². The number of terminal acetylenes is 1. The first kappa shape index (κ1) is 37.9. The van der Waals surface area contributed by atoms with Crippen molar-refractivity contribution in [3.8, 4) is 12.8 Å². The third-order valence-electron chi connectivity index (χ3n) is 5.00. The molecule has 2 heterocycles. The van der Waals surface area contributed by atoms with Crippen LogP contribution in [0.5, 0.6) is 0 Å². The van der Waals surface area contributed by atoms with E-state index in [4.69, 9.17) is 10.2 Å². The molecule has 1 aromatic carbocycles. The fourth-order valence-corrected chi connectivity index (χ4v) is 3.42. The fourth-order valence-electron chi connectivity index (χ4n) is 3.42. The van der Waals surface area contributed by atoms with Gasteiger partial charge in [0.25, 0.3) is 11.8 Å². The van der Waals surface area contributed by atoms with Crippen LogP contribution in [-0.2, 0) is 13.0 Å². The van der Waals surface area contributed by atoms with E-state index in [2.05, 4.69) is 42.2 Å². The maximum absolute atomic E-state index is 12.6. The number of carbonyl (C=O) groups is 2. The number of aliphatic hydroxyl groups excluding tert-OH is 2. The van der Waals surface area contributed by atoms with E-state index in [0.29, 0.717) is 18.0 Å². The Kier molecular flexibility index (Phi) is 24.3. The summed E-state index contributed by atoms with van der Waals surface area (Å²) in [4.78, 5) is 26.6. The van der Waals surface area contributed by atoms with Crippen LogP contribution in [0.1, 0.15) is 99.3 Å². The quantitative estimate of drug-likeness (QED) is 0.429. The Morgan fingerprint density at radius 3 is 2.03 bits per heavy atom. The average molecular weight is 543 g/mol. The first-order chi connectivity index (χ1) is 18.9. The number of carbonyl (C=O) groups excluding carboxylic acids is 2. The third-order valence-corrected chi connectivity index (χ3v) is 5.00. The van der Waals surface area contributed by atoms with Gasteiger partial charge in [-0.25, -0.2) is 0 Å². The van der Waals surface area contributed by atoms with Gasteiger partial charge in [0.2, 0.25) is 0 Å². The first-order valence-corrected chi connectivity index (χ1v) is 13.9. The second-order valence-corrected chi connectivity index (χ2v) is 8.88. The molecule has 0 bridgehead atoms. The molecule has 0 spiro atoms. The average Bonchev–Trinajstić information content (AvgIpc) is 2.99. The minimum Gasteiger partial charge on any atom is -0.395 e. The van der Waals surface area contributed by atoms with E-state index in [1.54, 1.807) is 11.0 Å². The van der Waals surface area contributed by atoms with Crippen molar-refractivity contribution in [2.75, 3.05) is 26.2 Å². The van der Waals surface area contributed by atoms with E-state index in [1.165, 1.54) is 6.42 Å². The minimum atomic E-state index is -0.371. The molecule has 2 aromatic rings. The van der Waals surface area contributed by atoms with Crippen molar-refractivity contribution in [1.29, 1.82) is 0 Å². The lowest BCUT2D eigenvalue weighted by Gasteiger charge is -2.26. The van der Waals surface area contributed by atoms with Crippen molar-refractivity contribution in [2.45, 2.75) is 80.3 Å². The zero-order valence-electron chi connectivity index (χ0n) is 24.8. The zero-order chi connectivity index (χ0) is 30.1. The van der Waals surface area contributed by atoms with E-state index in [9.17, 15) is 9.59 Å². The highest BCUT2D eigenvalue weighted by molar-refractivity contribution is 5.96. The van der Waals surface area contributed by atoms with Crippen LogP contribution in [0.15, 0.2) is 36.4 Å². The molecule has 0 radical (unpaired) electrons. The Morgan fingerprint density at radius 1 is 1.00 bits per heavy atom. The van der Waals surface area contributed by atoms with Gasteiger partial charge < -0.3 is 20.4 Å². The lowest BCUT2D eigenvalue weighted by molar-refractivity contribution is 0.0715. The van der Waals surface area contributed by atoms with E-state index in [0.717, 1.165) is 43.5 Å². The Hall–Kier alpha value is -3.28. The van der Waals surface area contributed by atoms with Gasteiger partial charge in [0.05, 0.1) is 13.2 Å². The lowest BCUT2D eigenvalue weighted by Crippen LogP contribution is -2.36. The van der Waals surface area contributed by atoms with Gasteiger partial charge in [-0.05, 0) is 48.8 Å². The molecule has 1 fully saturated rings. The standard InChI is InChI=1S/C17H26N4O3.C7H8O.C3H8.C2H6.C2H2/c1-12(2)10-13-11-14(17(24)21-7-4-3-5-8-21)19-20-15(13)16(23)18-6-9-22;8-6-7-4-2-1-3-5-7;1-3-2;2*1-2/h11-12,22H,3-10H2,1-2H3,(H,18,23);1-5,8H,6H2;3H2,1-2H3;1-2H3;1-2H. The van der Waals surface area contributed by atoms with Gasteiger partial charge in [-0.2, -0.15) is 0 Å². The van der Waals surface area contributed by atoms with Crippen LogP contribution in [-0.4, -0.2) is 63.4 Å². The van der Waals surface area contributed by atoms with Gasteiger partial charge in [0.1, 0.15) is 0 Å². The van der Waals surface area contributed by atoms with Gasteiger partial charge in [-0.3, -0.25) is 9.59 Å². The molecule has 0 atom stereocenters. The molecule has 0 saturated carbocycles. The van der Waals surface area contributed by atoms with Crippen LogP contribution in [0, 0.1) is 18.8 Å². The highest BCUT2D eigenvalue weighted by Crippen LogP contribution is 2.16. The number of hydrogen-bond donors (Lipinski definition) is 3. The monoisotopic (exact) mass is 542 g/mol. The molecule has 1 aliphatic heterocycles. The van der Waals surface area contributed by atoms with Crippen LogP contribution in [0.25, 0.3) is 0 Å². The Labute approximate surface area is 236 Å². The largest absolute Gasteiger partial charge is 0.395 e. The highest BCUT2D eigenvalue weighted by atomic mass is 16.3. The van der Waals surface area contributed by atoms with E-state index in [1.807, 2.05) is 58.0 Å². The SMILES string of the molecule is C#C.CC.CC(C)Cc1cc(C(=O)N2CCCCC2)nnc1C(=O)NCCO.CCC.OCc1ccccc1. The molecular formula is C31H50N4O4. The molecule has 8 heteroatoms. The van der Waals surface area contributed by atoms with Crippen molar-refractivity contribution in [1.82, 2.24) is 20.4 Å². The predicted octanol–water partition coefficient (Wildman–Crippen LogP) is 4.89. The van der Waals surface area contributed by atoms with Gasteiger partial charge in [-0.15, -0.1) is 23.0 Å². The lowest BCUT2D eigenvalue weighted by atomic mass is 10.0. The number of rotatable bonds is 7. The summed E-state index contributed by atoms with van der Waals surface area (Å²) in [5, 5.41) is 28.0. The summed E-state index contributed by atoms with van der Waals surface area (Å²) in [6, 6.07) is 11.2. The number of nitrogens with one attached hydrogen (secondary N) is 1. The van der Waals surface area contributed by atoms with Crippen molar-refractivity contribution in [2.24, 2.45) is 5.92 Å². The topological polar surface area (TPSA) is 116 Å². The minimum absolute atomic E-state index is 0.116. The van der Waals surface area contributed by atoms with Gasteiger partial charge in [0.15, 0.2) is 11.4 Å². The summed E-state index contributed by atoms with van der Waals surface area (Å²) in [7, 11) is 0. The number of aliphatic hydroxyl groups is 2. The first-order valence-electron chi connectivity index (χ1n) is 13.9. The number of likely N-dealkylation sites (tertiary alicyclic amines) is 1. The number of aromatic nitrogens is 2. The summed E-state index contributed by atoms with van der Waals surface area (Å²) in [5.41, 5.74) is 2.21. The van der Waals surface area contributed by atoms with Gasteiger partial charge >= 0.3 is 0 Å². The normalized spacial score (nSPS) is 11.6. The van der Waals surface area contributed by atoms with Crippen LogP contribution in [0.2, 0.25) is 0 Å². The number of amides is 2. The second kappa shape index (κ2) is 25.0. The van der Waals surface area contributed by atoms with E-state index in [-0.39, 0.29) is 37.3 Å². The molecule has 1 saturated heterocycles. The van der Waals surface area contributed by atoms with Crippen LogP contribution < -0.4 is 5.32 Å². The number of hydrogen-bond acceptors (Lipinski definition) is 6. The molecular weight excluding hydrogens is 492 g/mol. The maximum atomic E-state index is 12.6. The molecule has 3 N–H and O–H groups in total. The van der Waals surface area contributed by atoms with Crippen LogP contribution >= 0.6 is 0 Å². The Balaban J connectivity index is 0. The Bertz CT molecular complexity index is 911. The fraction of sp³-hybridized carbons (Fsp3) is 0.548.